The van der Waals surface area contributed by atoms with E-state index in [-0.39, 0.29) is 5.57 Å². The van der Waals surface area contributed by atoms with Crippen molar-refractivity contribution in [3.8, 4) is 0 Å². The summed E-state index contributed by atoms with van der Waals surface area (Å²) in [6.07, 6.45) is 1.50. The molecule has 0 bridgehead atoms. The summed E-state index contributed by atoms with van der Waals surface area (Å²) in [5, 5.41) is 9.75. The van der Waals surface area contributed by atoms with Gasteiger partial charge in [-0.2, -0.15) is 0 Å². The lowest BCUT2D eigenvalue weighted by Crippen LogP contribution is -2.22. The van der Waals surface area contributed by atoms with E-state index in [2.05, 4.69) is 0 Å². The van der Waals surface area contributed by atoms with Crippen molar-refractivity contribution in [1.29, 1.82) is 0 Å². The molecule has 3 nitrogen and oxygen atoms in total. The number of aliphatic carboxylic acids is 1. The molecule has 0 fully saturated rings. The van der Waals surface area contributed by atoms with Gasteiger partial charge in [0, 0.05) is 0 Å². The minimum atomic E-state index is -1.09. The van der Waals surface area contributed by atoms with Gasteiger partial charge in [0.05, 0.1) is 27.1 Å². The molecule has 0 aliphatic carbocycles. The molecule has 0 atom stereocenters. The first kappa shape index (κ1) is 14.0. The Morgan fingerprint density at radius 2 is 1.67 bits per heavy atom. The number of carboxylic acids is 1. The number of carbonyl (C=O) groups excluding carboxylic acids is 1. The molecule has 0 N–H and O–H groups in total. The summed E-state index contributed by atoms with van der Waals surface area (Å²) in [4.78, 5) is 9.75. The predicted molar refractivity (Wildman–Crippen MR) is 48.3 cm³/mol. The van der Waals surface area contributed by atoms with Crippen molar-refractivity contribution in [3.05, 3.63) is 11.6 Å². The lowest BCUT2D eigenvalue weighted by molar-refractivity contribution is -0.747. The number of quaternary nitrogens is 1. The number of carboxylic acid groups (broad SMARTS) is 1. The van der Waals surface area contributed by atoms with Crippen molar-refractivity contribution >= 4 is 17.7 Å². The monoisotopic (exact) mass is 193 g/mol. The maximum Gasteiger partial charge on any atom is 0.164 e. The molecule has 0 aromatic rings. The van der Waals surface area contributed by atoms with E-state index in [1.807, 2.05) is 21.1 Å². The van der Waals surface area contributed by atoms with Crippen molar-refractivity contribution in [1.82, 2.24) is 0 Å². The summed E-state index contributed by atoms with van der Waals surface area (Å²) in [6, 6.07) is 0. The lowest BCUT2D eigenvalue weighted by Gasteiger charge is -2.07. The van der Waals surface area contributed by atoms with Gasteiger partial charge in [-0.25, -0.2) is 4.00 Å². The Bertz CT molecular complexity index is 164. The number of hydrogen-bond donors (Lipinski definition) is 0. The number of rotatable bonds is 1. The fourth-order valence-electron chi connectivity index (χ4n) is 0.118. The SMILES string of the molecule is CC=C(C)C(=O)[O-].C[N+](C)(C)Cl. The highest BCUT2D eigenvalue weighted by Crippen LogP contribution is 1.91. The normalized spacial score (nSPS) is 11.7. The van der Waals surface area contributed by atoms with Gasteiger partial charge in [0.15, 0.2) is 11.8 Å². The van der Waals surface area contributed by atoms with E-state index < -0.39 is 5.97 Å². The average molecular weight is 194 g/mol. The molecule has 0 spiro atoms. The first-order valence-electron chi connectivity index (χ1n) is 3.53. The van der Waals surface area contributed by atoms with Gasteiger partial charge in [-0.15, -0.1) is 0 Å². The summed E-state index contributed by atoms with van der Waals surface area (Å²) in [5.74, 6) is -1.09. The zero-order chi connectivity index (χ0) is 10.4. The number of carbonyl (C=O) groups is 1. The second-order valence-corrected chi connectivity index (χ2v) is 4.12. The van der Waals surface area contributed by atoms with Crippen LogP contribution in [-0.2, 0) is 4.79 Å². The highest BCUT2D eigenvalue weighted by Gasteiger charge is 1.95. The van der Waals surface area contributed by atoms with Crippen LogP contribution in [0.2, 0.25) is 0 Å². The molecule has 0 aliphatic heterocycles. The summed E-state index contributed by atoms with van der Waals surface area (Å²) in [6.45, 7) is 3.15. The van der Waals surface area contributed by atoms with Crippen LogP contribution in [0.4, 0.5) is 0 Å². The summed E-state index contributed by atoms with van der Waals surface area (Å²) in [7, 11) is 5.67. The third kappa shape index (κ3) is 22.7. The van der Waals surface area contributed by atoms with Crippen LogP contribution in [-0.4, -0.2) is 31.1 Å². The molecule has 72 valence electrons. The molecule has 4 heteroatoms. The summed E-state index contributed by atoms with van der Waals surface area (Å²) >= 11 is 5.47. The second-order valence-electron chi connectivity index (χ2n) is 3.11. The van der Waals surface area contributed by atoms with E-state index in [1.54, 1.807) is 6.92 Å². The highest BCUT2D eigenvalue weighted by molar-refractivity contribution is 6.06. The van der Waals surface area contributed by atoms with Gasteiger partial charge in [-0.3, -0.25) is 0 Å². The minimum absolute atomic E-state index is 0.278. The van der Waals surface area contributed by atoms with Gasteiger partial charge in [0.25, 0.3) is 0 Å². The Morgan fingerprint density at radius 3 is 1.67 bits per heavy atom. The first-order valence-corrected chi connectivity index (χ1v) is 3.87. The molecule has 0 amide bonds. The Hall–Kier alpha value is -0.540. The minimum Gasteiger partial charge on any atom is -0.545 e. The van der Waals surface area contributed by atoms with Crippen molar-refractivity contribution in [2.75, 3.05) is 21.1 Å². The zero-order valence-electron chi connectivity index (χ0n) is 8.22. The molecule has 0 aliphatic rings. The van der Waals surface area contributed by atoms with Gasteiger partial charge < -0.3 is 9.90 Å². The van der Waals surface area contributed by atoms with Crippen LogP contribution < -0.4 is 5.11 Å². The Kier molecular flexibility index (Phi) is 7.04. The fraction of sp³-hybridized carbons (Fsp3) is 0.625. The zero-order valence-corrected chi connectivity index (χ0v) is 8.97. The highest BCUT2D eigenvalue weighted by atomic mass is 35.5. The quantitative estimate of drug-likeness (QED) is 0.451. The van der Waals surface area contributed by atoms with Crippen LogP contribution in [0, 0.1) is 0 Å². The average Bonchev–Trinajstić information content (AvgIpc) is 1.82. The van der Waals surface area contributed by atoms with E-state index >= 15 is 0 Å². The largest absolute Gasteiger partial charge is 0.545 e. The van der Waals surface area contributed by atoms with Crippen LogP contribution in [0.3, 0.4) is 0 Å². The molecule has 0 saturated heterocycles. The van der Waals surface area contributed by atoms with Crippen molar-refractivity contribution in [3.63, 3.8) is 0 Å². The maximum atomic E-state index is 9.75. The van der Waals surface area contributed by atoms with Gasteiger partial charge in [-0.1, -0.05) is 6.08 Å². The molecule has 0 aromatic carbocycles. The topological polar surface area (TPSA) is 40.1 Å². The Morgan fingerprint density at radius 1 is 1.42 bits per heavy atom. The van der Waals surface area contributed by atoms with E-state index in [9.17, 15) is 9.90 Å². The molecular formula is C8H16ClNO2. The summed E-state index contributed by atoms with van der Waals surface area (Å²) in [5.41, 5.74) is 0.278. The summed E-state index contributed by atoms with van der Waals surface area (Å²) < 4.78 is 0.472. The fourth-order valence-corrected chi connectivity index (χ4v) is 0.118. The molecule has 0 radical (unpaired) electrons. The van der Waals surface area contributed by atoms with E-state index in [1.165, 1.54) is 13.0 Å². The van der Waals surface area contributed by atoms with E-state index in [4.69, 9.17) is 11.8 Å². The standard InChI is InChI=1S/C5H8O2.C3H9ClN/c1-3-4(2)5(6)7;1-5(2,3)4/h3H,1-2H3,(H,6,7);1-3H3/q;+1/p-1. The number of hydrogen-bond acceptors (Lipinski definition) is 2. The van der Waals surface area contributed by atoms with Crippen LogP contribution in [0.15, 0.2) is 11.6 Å². The molecule has 0 unspecified atom stereocenters. The van der Waals surface area contributed by atoms with Crippen LogP contribution >= 0.6 is 11.8 Å². The maximum absolute atomic E-state index is 9.75. The number of allylic oxidation sites excluding steroid dienone is 1. The smallest absolute Gasteiger partial charge is 0.164 e. The molecule has 0 saturated carbocycles. The van der Waals surface area contributed by atoms with E-state index in [0.29, 0.717) is 4.00 Å². The Labute approximate surface area is 79.0 Å². The van der Waals surface area contributed by atoms with Crippen LogP contribution in [0.25, 0.3) is 0 Å². The first-order chi connectivity index (χ1) is 5.18. The number of nitrogens with zero attached hydrogens (tertiary/aromatic N) is 1. The van der Waals surface area contributed by atoms with Crippen molar-refractivity contribution in [2.45, 2.75) is 13.8 Å². The molecular weight excluding hydrogens is 178 g/mol. The molecule has 0 heterocycles. The van der Waals surface area contributed by atoms with Gasteiger partial charge in [-0.05, 0) is 19.4 Å². The molecule has 0 rings (SSSR count). The van der Waals surface area contributed by atoms with Crippen LogP contribution in [0.1, 0.15) is 13.8 Å². The van der Waals surface area contributed by atoms with Gasteiger partial charge in [0.1, 0.15) is 0 Å². The van der Waals surface area contributed by atoms with Crippen LogP contribution in [0.5, 0.6) is 0 Å². The molecule has 0 aromatic heterocycles. The van der Waals surface area contributed by atoms with Gasteiger partial charge >= 0.3 is 0 Å². The lowest BCUT2D eigenvalue weighted by atomic mass is 10.3. The molecule has 12 heavy (non-hydrogen) atoms. The third-order valence-corrected chi connectivity index (χ3v) is 0.755. The van der Waals surface area contributed by atoms with Crippen molar-refractivity contribution < 1.29 is 13.9 Å². The Balaban J connectivity index is 0. The predicted octanol–water partition coefficient (Wildman–Crippen LogP) is 0.549. The van der Waals surface area contributed by atoms with Crippen molar-refractivity contribution in [2.24, 2.45) is 0 Å². The second kappa shape index (κ2) is 6.03. The van der Waals surface area contributed by atoms with Gasteiger partial charge in [0.2, 0.25) is 0 Å². The van der Waals surface area contributed by atoms with E-state index in [0.717, 1.165) is 0 Å². The third-order valence-electron chi connectivity index (χ3n) is 0.755. The number of halogens is 1.